The van der Waals surface area contributed by atoms with E-state index in [1.54, 1.807) is 13.3 Å². The zero-order valence-corrected chi connectivity index (χ0v) is 22.9. The van der Waals surface area contributed by atoms with Crippen molar-refractivity contribution in [1.29, 1.82) is 0 Å². The first-order valence-electron chi connectivity index (χ1n) is 13.1. The molecule has 1 heterocycles. The molecule has 0 saturated heterocycles. The molecule has 1 amide bonds. The van der Waals surface area contributed by atoms with E-state index in [2.05, 4.69) is 5.32 Å². The molecule has 7 heteroatoms. The van der Waals surface area contributed by atoms with Gasteiger partial charge in [-0.1, -0.05) is 62.2 Å². The van der Waals surface area contributed by atoms with Gasteiger partial charge < -0.3 is 19.7 Å². The molecule has 1 aromatic heterocycles. The molecular formula is C31H38N2O5. The van der Waals surface area contributed by atoms with Gasteiger partial charge in [-0.3, -0.25) is 14.4 Å². The number of nitrogens with zero attached hydrogens (tertiary/aromatic N) is 1. The Balaban J connectivity index is 1.99. The maximum atomic E-state index is 13.8. The Kier molecular flexibility index (Phi) is 9.88. The van der Waals surface area contributed by atoms with Crippen LogP contribution in [0.1, 0.15) is 78.1 Å². The number of hydrogen-bond donors (Lipinski definition) is 2. The molecule has 0 saturated carbocycles. The highest BCUT2D eigenvalue weighted by Gasteiger charge is 2.27. The summed E-state index contributed by atoms with van der Waals surface area (Å²) in [5.74, 6) is -0.661. The van der Waals surface area contributed by atoms with Crippen LogP contribution in [0.4, 0.5) is 0 Å². The van der Waals surface area contributed by atoms with Crippen LogP contribution in [0.3, 0.4) is 0 Å². The van der Waals surface area contributed by atoms with Crippen molar-refractivity contribution in [3.05, 3.63) is 98.5 Å². The van der Waals surface area contributed by atoms with E-state index in [0.29, 0.717) is 24.0 Å². The molecule has 7 nitrogen and oxygen atoms in total. The van der Waals surface area contributed by atoms with Crippen LogP contribution in [0.5, 0.6) is 5.75 Å². The van der Waals surface area contributed by atoms with Gasteiger partial charge in [0.1, 0.15) is 11.8 Å². The molecule has 0 spiro atoms. The molecule has 1 unspecified atom stereocenters. The number of aryl methyl sites for hydroxylation is 3. The second kappa shape index (κ2) is 13.1. The van der Waals surface area contributed by atoms with Gasteiger partial charge in [0.15, 0.2) is 0 Å². The lowest BCUT2D eigenvalue weighted by atomic mass is 9.97. The van der Waals surface area contributed by atoms with Gasteiger partial charge >= 0.3 is 5.97 Å². The third-order valence-electron chi connectivity index (χ3n) is 6.75. The number of carboxylic acids is 1. The first kappa shape index (κ1) is 28.7. The number of methoxy groups -OCH3 is 1. The molecule has 0 fully saturated rings. The minimum atomic E-state index is -1.02. The lowest BCUT2D eigenvalue weighted by molar-refractivity contribution is -0.138. The normalized spacial score (nSPS) is 12.6. The summed E-state index contributed by atoms with van der Waals surface area (Å²) in [6.07, 6.45) is 3.99. The SMILES string of the molecule is CCCCC(C(=O)N[C@@H](CC(=O)O)c1cc(C)c(OC)c(C)c1)n1cc(C)cc(Cc2ccccc2)c1=O. The molecule has 3 aromatic rings. The number of unbranched alkanes of at least 4 members (excludes halogenated alkanes) is 1. The van der Waals surface area contributed by atoms with E-state index in [9.17, 15) is 19.5 Å². The second-order valence-corrected chi connectivity index (χ2v) is 9.92. The summed E-state index contributed by atoms with van der Waals surface area (Å²) < 4.78 is 6.98. The summed E-state index contributed by atoms with van der Waals surface area (Å²) >= 11 is 0. The van der Waals surface area contributed by atoms with Crippen molar-refractivity contribution in [2.45, 2.75) is 71.9 Å². The average Bonchev–Trinajstić information content (AvgIpc) is 2.86. The second-order valence-electron chi connectivity index (χ2n) is 9.92. The third-order valence-corrected chi connectivity index (χ3v) is 6.75. The summed E-state index contributed by atoms with van der Waals surface area (Å²) in [7, 11) is 1.59. The van der Waals surface area contributed by atoms with Crippen molar-refractivity contribution in [2.75, 3.05) is 7.11 Å². The number of pyridine rings is 1. The molecule has 3 rings (SSSR count). The highest BCUT2D eigenvalue weighted by molar-refractivity contribution is 5.81. The van der Waals surface area contributed by atoms with Gasteiger partial charge in [-0.05, 0) is 61.1 Å². The number of carboxylic acid groups (broad SMARTS) is 1. The van der Waals surface area contributed by atoms with Crippen LogP contribution in [0.2, 0.25) is 0 Å². The van der Waals surface area contributed by atoms with Gasteiger partial charge in [0.05, 0.1) is 19.6 Å². The summed E-state index contributed by atoms with van der Waals surface area (Å²) in [5, 5.41) is 12.6. The first-order chi connectivity index (χ1) is 18.1. The zero-order chi connectivity index (χ0) is 27.8. The van der Waals surface area contributed by atoms with Gasteiger partial charge in [-0.15, -0.1) is 0 Å². The minimum absolute atomic E-state index is 0.207. The van der Waals surface area contributed by atoms with E-state index in [4.69, 9.17) is 4.74 Å². The molecule has 2 atom stereocenters. The number of aliphatic carboxylic acids is 1. The average molecular weight is 519 g/mol. The predicted molar refractivity (Wildman–Crippen MR) is 149 cm³/mol. The fourth-order valence-corrected chi connectivity index (χ4v) is 4.99. The Morgan fingerprint density at radius 3 is 2.29 bits per heavy atom. The largest absolute Gasteiger partial charge is 0.496 e. The van der Waals surface area contributed by atoms with Crippen LogP contribution in [0.15, 0.2) is 59.5 Å². The lowest BCUT2D eigenvalue weighted by Gasteiger charge is -2.25. The highest BCUT2D eigenvalue weighted by Crippen LogP contribution is 2.29. The quantitative estimate of drug-likeness (QED) is 0.333. The topological polar surface area (TPSA) is 97.6 Å². The maximum absolute atomic E-state index is 13.8. The van der Waals surface area contributed by atoms with Crippen molar-refractivity contribution in [1.82, 2.24) is 9.88 Å². The highest BCUT2D eigenvalue weighted by atomic mass is 16.5. The van der Waals surface area contributed by atoms with Gasteiger partial charge in [-0.2, -0.15) is 0 Å². The van der Waals surface area contributed by atoms with Crippen LogP contribution in [0.25, 0.3) is 0 Å². The van der Waals surface area contributed by atoms with Crippen LogP contribution in [0, 0.1) is 20.8 Å². The standard InChI is InChI=1S/C31H38N2O5/c1-6-7-13-27(33-19-20(2)14-25(31(33)37)17-23-11-9-8-10-12-23)30(36)32-26(18-28(34)35)24-15-21(3)29(38-5)22(4)16-24/h8-12,14-16,19,26-27H,6-7,13,17-18H2,1-5H3,(H,32,36)(H,34,35)/t26-,27?/m0/s1. The lowest BCUT2D eigenvalue weighted by Crippen LogP contribution is -2.40. The fraction of sp³-hybridized carbons (Fsp3) is 0.387. The number of aromatic nitrogens is 1. The Bertz CT molecular complexity index is 1310. The van der Waals surface area contributed by atoms with Crippen LogP contribution in [-0.4, -0.2) is 28.7 Å². The number of benzene rings is 2. The number of carbonyl (C=O) groups is 2. The van der Waals surface area contributed by atoms with Crippen molar-refractivity contribution >= 4 is 11.9 Å². The number of amides is 1. The molecule has 38 heavy (non-hydrogen) atoms. The number of ether oxygens (including phenoxy) is 1. The van der Waals surface area contributed by atoms with E-state index in [1.165, 1.54) is 4.57 Å². The third kappa shape index (κ3) is 7.12. The Morgan fingerprint density at radius 2 is 1.71 bits per heavy atom. The molecule has 0 aliphatic rings. The van der Waals surface area contributed by atoms with Crippen LogP contribution >= 0.6 is 0 Å². The fourth-order valence-electron chi connectivity index (χ4n) is 4.99. The number of rotatable bonds is 12. The monoisotopic (exact) mass is 518 g/mol. The number of carbonyl (C=O) groups excluding carboxylic acids is 1. The number of hydrogen-bond acceptors (Lipinski definition) is 4. The van der Waals surface area contributed by atoms with E-state index < -0.39 is 18.1 Å². The first-order valence-corrected chi connectivity index (χ1v) is 13.1. The van der Waals surface area contributed by atoms with Crippen LogP contribution in [-0.2, 0) is 16.0 Å². The molecule has 202 valence electrons. The molecule has 2 aromatic carbocycles. The number of nitrogens with one attached hydrogen (secondary N) is 1. The summed E-state index contributed by atoms with van der Waals surface area (Å²) in [5.41, 5.74) is 4.71. The van der Waals surface area contributed by atoms with E-state index >= 15 is 0 Å². The molecule has 0 radical (unpaired) electrons. The van der Waals surface area contributed by atoms with Gasteiger partial charge in [0.2, 0.25) is 5.91 Å². The summed E-state index contributed by atoms with van der Waals surface area (Å²) in [4.78, 5) is 39.1. The van der Waals surface area contributed by atoms with Gasteiger partial charge in [-0.25, -0.2) is 0 Å². The molecular weight excluding hydrogens is 480 g/mol. The molecule has 0 aliphatic carbocycles. The Morgan fingerprint density at radius 1 is 1.05 bits per heavy atom. The maximum Gasteiger partial charge on any atom is 0.305 e. The van der Waals surface area contributed by atoms with Crippen LogP contribution < -0.4 is 15.6 Å². The summed E-state index contributed by atoms with van der Waals surface area (Å²) in [6, 6.07) is 13.8. The molecule has 2 N–H and O–H groups in total. The Hall–Kier alpha value is -3.87. The predicted octanol–water partition coefficient (Wildman–Crippen LogP) is 5.44. The van der Waals surface area contributed by atoms with Gasteiger partial charge in [0.25, 0.3) is 5.56 Å². The molecule has 0 aliphatic heterocycles. The summed E-state index contributed by atoms with van der Waals surface area (Å²) in [6.45, 7) is 7.72. The van der Waals surface area contributed by atoms with E-state index in [-0.39, 0.29) is 17.9 Å². The van der Waals surface area contributed by atoms with Gasteiger partial charge in [0, 0.05) is 18.2 Å². The molecule has 0 bridgehead atoms. The zero-order valence-electron chi connectivity index (χ0n) is 22.9. The van der Waals surface area contributed by atoms with Crippen molar-refractivity contribution in [3.63, 3.8) is 0 Å². The van der Waals surface area contributed by atoms with Crippen molar-refractivity contribution in [2.24, 2.45) is 0 Å². The van der Waals surface area contributed by atoms with E-state index in [0.717, 1.165) is 40.8 Å². The van der Waals surface area contributed by atoms with E-state index in [1.807, 2.05) is 76.2 Å². The smallest absolute Gasteiger partial charge is 0.305 e. The minimum Gasteiger partial charge on any atom is -0.496 e. The van der Waals surface area contributed by atoms with Crippen molar-refractivity contribution < 1.29 is 19.4 Å². The van der Waals surface area contributed by atoms with Crippen molar-refractivity contribution in [3.8, 4) is 5.75 Å². The Labute approximate surface area is 224 Å².